The van der Waals surface area contributed by atoms with Crippen molar-refractivity contribution in [2.75, 3.05) is 5.75 Å². The largest absolute Gasteiger partial charge is 0.369 e. The molecule has 0 saturated carbocycles. The van der Waals surface area contributed by atoms with Crippen LogP contribution in [0.2, 0.25) is 0 Å². The summed E-state index contributed by atoms with van der Waals surface area (Å²) in [6.45, 7) is 4.27. The summed E-state index contributed by atoms with van der Waals surface area (Å²) in [6, 6.07) is 0. The van der Waals surface area contributed by atoms with Gasteiger partial charge in [0.25, 0.3) is 0 Å². The number of hydrogen-bond acceptors (Lipinski definition) is 2. The van der Waals surface area contributed by atoms with E-state index in [1.807, 2.05) is 0 Å². The predicted octanol–water partition coefficient (Wildman–Crippen LogP) is 1.21. The van der Waals surface area contributed by atoms with E-state index in [9.17, 15) is 4.79 Å². The lowest BCUT2D eigenvalue weighted by Gasteiger charge is -2.05. The van der Waals surface area contributed by atoms with E-state index in [0.717, 1.165) is 12.2 Å². The number of amides is 1. The average molecular weight is 160 g/mol. The minimum Gasteiger partial charge on any atom is -0.369 e. The Morgan fingerprint density at radius 2 is 2.40 bits per heavy atom. The Bertz CT molecular complexity index is 106. The minimum absolute atomic E-state index is 0.323. The maximum atomic E-state index is 10.2. The minimum atomic E-state index is -0.323. The Hall–Kier alpha value is -0.180. The lowest BCUT2D eigenvalue weighted by molar-refractivity contribution is -0.114. The molecule has 59 valence electrons. The highest BCUT2D eigenvalue weighted by Crippen LogP contribution is 2.13. The quantitative estimate of drug-likeness (QED) is 0.657. The second-order valence-corrected chi connectivity index (χ2v) is 3.63. The second-order valence-electron chi connectivity index (χ2n) is 2.16. The monoisotopic (exact) mass is 160 g/mol. The molecular weight excluding hydrogens is 146 g/mol. The number of hydrogen-bond donors (Lipinski definition) is 1. The van der Waals surface area contributed by atoms with Crippen molar-refractivity contribution in [2.45, 2.75) is 25.5 Å². The van der Waals surface area contributed by atoms with E-state index in [4.69, 9.17) is 5.73 Å². The zero-order valence-corrected chi connectivity index (χ0v) is 7.28. The summed E-state index contributed by atoms with van der Waals surface area (Å²) in [5.41, 5.74) is 4.91. The molecule has 0 aromatic rings. The average Bonchev–Trinajstić information content (AvgIpc) is 1.87. The van der Waals surface area contributed by atoms with Crippen LogP contribution in [0.15, 0.2) is 0 Å². The molecule has 3 heteroatoms. The zero-order valence-electron chi connectivity index (χ0n) is 6.46. The highest BCUT2D eigenvalue weighted by molar-refractivity contribution is 8.00. The molecule has 1 amide bonds. The molecule has 1 unspecified atom stereocenters. The van der Waals surface area contributed by atoms with Gasteiger partial charge in [0.05, 0.1) is 6.42 Å². The van der Waals surface area contributed by atoms with Gasteiger partial charge in [-0.2, -0.15) is 11.8 Å². The summed E-state index contributed by atoms with van der Waals surface area (Å²) in [6.07, 6.45) is 2.65. The van der Waals surface area contributed by atoms with Gasteiger partial charge in [0.15, 0.2) is 0 Å². The zero-order chi connectivity index (χ0) is 7.98. The summed E-state index contributed by atoms with van der Waals surface area (Å²) in [7, 11) is 0. The summed E-state index contributed by atoms with van der Waals surface area (Å²) >= 11 is 1.75. The van der Waals surface area contributed by atoms with Gasteiger partial charge in [-0.1, -0.05) is 13.8 Å². The van der Waals surface area contributed by atoms with Gasteiger partial charge in [0, 0.05) is 11.0 Å². The van der Waals surface area contributed by atoms with E-state index in [1.165, 1.54) is 6.42 Å². The van der Waals surface area contributed by atoms with Gasteiger partial charge >= 0.3 is 0 Å². The van der Waals surface area contributed by atoms with E-state index in [-0.39, 0.29) is 5.91 Å². The van der Waals surface area contributed by atoms with Crippen molar-refractivity contribution in [2.24, 2.45) is 5.73 Å². The molecule has 0 aliphatic rings. The molecule has 0 aliphatic carbocycles. The third-order valence-electron chi connectivity index (χ3n) is 1.24. The molecule has 2 nitrogen and oxygen atoms in total. The molecular formula is C7H14NOS. The van der Waals surface area contributed by atoms with E-state index < -0.39 is 0 Å². The molecule has 10 heavy (non-hydrogen) atoms. The smallest absolute Gasteiger partial charge is 0.222 e. The van der Waals surface area contributed by atoms with Crippen LogP contribution in [0.4, 0.5) is 0 Å². The first-order valence-electron chi connectivity index (χ1n) is 3.41. The molecule has 1 radical (unpaired) electrons. The van der Waals surface area contributed by atoms with E-state index in [2.05, 4.69) is 13.8 Å². The number of carbonyl (C=O) groups excluding carboxylic acids is 1. The van der Waals surface area contributed by atoms with Gasteiger partial charge in [0.2, 0.25) is 5.91 Å². The van der Waals surface area contributed by atoms with Crippen LogP contribution in [0.1, 0.15) is 20.3 Å². The topological polar surface area (TPSA) is 43.1 Å². The van der Waals surface area contributed by atoms with E-state index >= 15 is 0 Å². The molecule has 2 N–H and O–H groups in total. The van der Waals surface area contributed by atoms with Crippen molar-refractivity contribution < 1.29 is 4.79 Å². The Kier molecular flexibility index (Phi) is 5.49. The maximum Gasteiger partial charge on any atom is 0.222 e. The van der Waals surface area contributed by atoms with Crippen LogP contribution in [0.5, 0.6) is 0 Å². The Morgan fingerprint density at radius 1 is 1.80 bits per heavy atom. The summed E-state index contributed by atoms with van der Waals surface area (Å²) in [5, 5.41) is 0.621. The third kappa shape index (κ3) is 5.95. The van der Waals surface area contributed by atoms with Gasteiger partial charge in [-0.15, -0.1) is 0 Å². The number of carbonyl (C=O) groups is 1. The van der Waals surface area contributed by atoms with Gasteiger partial charge < -0.3 is 5.73 Å². The number of nitrogens with two attached hydrogens (primary N) is 1. The molecule has 0 fully saturated rings. The van der Waals surface area contributed by atoms with E-state index in [0.29, 0.717) is 5.25 Å². The van der Waals surface area contributed by atoms with Crippen molar-refractivity contribution in [1.82, 2.24) is 0 Å². The van der Waals surface area contributed by atoms with E-state index in [1.54, 1.807) is 11.8 Å². The Morgan fingerprint density at radius 3 is 2.80 bits per heavy atom. The van der Waals surface area contributed by atoms with Crippen molar-refractivity contribution >= 4 is 17.7 Å². The fourth-order valence-corrected chi connectivity index (χ4v) is 1.24. The van der Waals surface area contributed by atoms with Crippen LogP contribution < -0.4 is 5.73 Å². The fraction of sp³-hybridized carbons (Fsp3) is 0.714. The molecule has 0 aromatic heterocycles. The lowest BCUT2D eigenvalue weighted by atomic mass is 10.4. The fourth-order valence-electron chi connectivity index (χ4n) is 0.412. The molecule has 0 aromatic carbocycles. The van der Waals surface area contributed by atoms with Crippen LogP contribution >= 0.6 is 11.8 Å². The standard InChI is InChI=1S/C7H14NOS/c1-3-6(2)10-5-4-7(8)9/h4,6H,3,5H2,1-2H3,(H2,8,9). The van der Waals surface area contributed by atoms with Gasteiger partial charge in [-0.25, -0.2) is 0 Å². The number of thioether (sulfide) groups is 1. The first-order chi connectivity index (χ1) is 4.66. The second kappa shape index (κ2) is 5.59. The summed E-state index contributed by atoms with van der Waals surface area (Å²) in [5.74, 6) is 0.417. The Labute approximate surface area is 66.6 Å². The summed E-state index contributed by atoms with van der Waals surface area (Å²) in [4.78, 5) is 10.2. The van der Waals surface area contributed by atoms with Gasteiger partial charge in [-0.05, 0) is 6.42 Å². The highest BCUT2D eigenvalue weighted by atomic mass is 32.2. The summed E-state index contributed by atoms with van der Waals surface area (Å²) < 4.78 is 0. The molecule has 0 saturated heterocycles. The molecule has 0 heterocycles. The van der Waals surface area contributed by atoms with Crippen LogP contribution in [0, 0.1) is 6.42 Å². The molecule has 0 spiro atoms. The predicted molar refractivity (Wildman–Crippen MR) is 45.7 cm³/mol. The first-order valence-corrected chi connectivity index (χ1v) is 4.46. The maximum absolute atomic E-state index is 10.2. The van der Waals surface area contributed by atoms with Crippen molar-refractivity contribution in [3.63, 3.8) is 0 Å². The van der Waals surface area contributed by atoms with Gasteiger partial charge in [-0.3, -0.25) is 4.79 Å². The molecule has 1 atom stereocenters. The Balaban J connectivity index is 3.11. The lowest BCUT2D eigenvalue weighted by Crippen LogP contribution is -2.12. The van der Waals surface area contributed by atoms with Crippen LogP contribution in [-0.2, 0) is 4.79 Å². The third-order valence-corrected chi connectivity index (χ3v) is 2.50. The first kappa shape index (κ1) is 9.82. The van der Waals surface area contributed by atoms with Crippen molar-refractivity contribution in [1.29, 1.82) is 0 Å². The molecule has 0 rings (SSSR count). The van der Waals surface area contributed by atoms with Crippen molar-refractivity contribution in [3.8, 4) is 0 Å². The normalized spacial score (nSPS) is 13.0. The number of primary amides is 1. The molecule has 0 aliphatic heterocycles. The van der Waals surface area contributed by atoms with Gasteiger partial charge in [0.1, 0.15) is 0 Å². The van der Waals surface area contributed by atoms with Crippen molar-refractivity contribution in [3.05, 3.63) is 6.42 Å². The number of rotatable bonds is 5. The molecule has 0 bridgehead atoms. The van der Waals surface area contributed by atoms with Crippen LogP contribution in [0.25, 0.3) is 0 Å². The highest BCUT2D eigenvalue weighted by Gasteiger charge is 2.00. The SMILES string of the molecule is CCC(C)SC[CH]C(N)=O. The van der Waals surface area contributed by atoms with Crippen LogP contribution in [0.3, 0.4) is 0 Å². The van der Waals surface area contributed by atoms with Crippen LogP contribution in [-0.4, -0.2) is 16.9 Å².